The molecule has 3 aromatic rings. The molecule has 4 rings (SSSR count). The Morgan fingerprint density at radius 3 is 0.980 bits per heavy atom. The zero-order valence-corrected chi connectivity index (χ0v) is 37.3. The standard InChI is InChI=1S/C44H61Si.3ClH.Ti/c1-14-16-34-17-15-18-44(34)45(41-22-35(28(2)3)19-36(23-41)29(4)5,42-24-37(30(6)7)20-38(25-42)31(8)9)43-26-39(32(10)11)21-40(27-43)33(12)13;;;;/h15,17-33H,14,16H2,1-13H3;3*1H;/q;;;;+3/p-3. The second-order valence-electron chi connectivity index (χ2n) is 16.0. The molecular formula is C44H61Cl3SiTi. The Hall–Kier alpha value is -1.06. The molecule has 49 heavy (non-hydrogen) atoms. The molecule has 0 aliphatic heterocycles. The van der Waals surface area contributed by atoms with Crippen LogP contribution in [0.25, 0.3) is 0 Å². The van der Waals surface area contributed by atoms with E-state index in [1.165, 1.54) is 33.4 Å². The Morgan fingerprint density at radius 2 is 0.755 bits per heavy atom. The van der Waals surface area contributed by atoms with Crippen molar-refractivity contribution in [2.45, 2.75) is 142 Å². The molecule has 0 spiro atoms. The van der Waals surface area contributed by atoms with Gasteiger partial charge in [-0.05, 0) is 0 Å². The van der Waals surface area contributed by atoms with Gasteiger partial charge in [-0.15, -0.1) is 0 Å². The molecule has 0 nitrogen and oxygen atoms in total. The first kappa shape index (κ1) is 46.0. The van der Waals surface area contributed by atoms with E-state index in [9.17, 15) is 0 Å². The first-order chi connectivity index (χ1) is 21.6. The molecule has 0 aromatic heterocycles. The molecule has 0 heterocycles. The summed E-state index contributed by atoms with van der Waals surface area (Å²) >= 11 is 2.62. The van der Waals surface area contributed by atoms with Crippen LogP contribution in [-0.4, -0.2) is 8.07 Å². The number of benzene rings is 3. The topological polar surface area (TPSA) is 0 Å². The number of halogens is 3. The summed E-state index contributed by atoms with van der Waals surface area (Å²) in [5, 5.41) is 4.72. The second kappa shape index (κ2) is 18.6. The fourth-order valence-electron chi connectivity index (χ4n) is 7.32. The van der Waals surface area contributed by atoms with E-state index < -0.39 is 8.07 Å². The molecule has 5 heteroatoms. The van der Waals surface area contributed by atoms with Crippen molar-refractivity contribution in [1.29, 1.82) is 0 Å². The van der Waals surface area contributed by atoms with E-state index >= 15 is 0 Å². The van der Waals surface area contributed by atoms with E-state index in [2.05, 4.69) is 183 Å². The predicted octanol–water partition coefficient (Wildman–Crippen LogP) is 2.45. The summed E-state index contributed by atoms with van der Waals surface area (Å²) in [5.41, 5.74) is 10.4. The van der Waals surface area contributed by atoms with Gasteiger partial charge in [0, 0.05) is 0 Å². The molecule has 0 bridgehead atoms. The third kappa shape index (κ3) is 9.12. The monoisotopic (exact) mass is 770 g/mol. The van der Waals surface area contributed by atoms with Crippen LogP contribution in [0.4, 0.5) is 0 Å². The number of rotatable bonds is 12. The van der Waals surface area contributed by atoms with Gasteiger partial charge < -0.3 is 37.2 Å². The molecule has 1 unspecified atom stereocenters. The number of hydrogen-bond donors (Lipinski definition) is 0. The van der Waals surface area contributed by atoms with Crippen molar-refractivity contribution < 1.29 is 57.7 Å². The molecule has 0 radical (unpaired) electrons. The normalized spacial score (nSPS) is 16.1. The molecule has 0 fully saturated rings. The molecular weight excluding hydrogens is 711 g/mol. The Balaban J connectivity index is 0.00000400. The molecule has 3 aromatic carbocycles. The average Bonchev–Trinajstić information content (AvgIpc) is 3.37. The van der Waals surface area contributed by atoms with Gasteiger partial charge in [-0.25, -0.2) is 0 Å². The summed E-state index contributed by atoms with van der Waals surface area (Å²) in [6.45, 7) is 30.8. The maximum absolute atomic E-state index is 2.83. The largest absolute Gasteiger partial charge is 1.00 e. The Kier molecular flexibility index (Phi) is 17.5. The van der Waals surface area contributed by atoms with Crippen molar-refractivity contribution >= 4 is 23.6 Å². The fraction of sp³-hybridized carbons (Fsp3) is 0.500. The van der Waals surface area contributed by atoms with Gasteiger partial charge >= 0.3 is 298 Å². The van der Waals surface area contributed by atoms with Crippen LogP contribution >= 0.6 is 0 Å². The number of hydrogen-bond acceptors (Lipinski definition) is 0. The van der Waals surface area contributed by atoms with Crippen LogP contribution in [0.3, 0.4) is 0 Å². The van der Waals surface area contributed by atoms with Crippen molar-refractivity contribution in [3.63, 3.8) is 0 Å². The first-order valence-electron chi connectivity index (χ1n) is 18.2. The third-order valence-corrected chi connectivity index (χ3v) is 18.1. The van der Waals surface area contributed by atoms with Gasteiger partial charge in [0.1, 0.15) is 0 Å². The van der Waals surface area contributed by atoms with Gasteiger partial charge in [0.15, 0.2) is 0 Å². The van der Waals surface area contributed by atoms with Crippen LogP contribution < -0.4 is 52.8 Å². The molecule has 266 valence electrons. The molecule has 0 saturated carbocycles. The Morgan fingerprint density at radius 1 is 0.490 bits per heavy atom. The molecule has 0 saturated heterocycles. The van der Waals surface area contributed by atoms with Crippen LogP contribution in [0.1, 0.15) is 172 Å². The van der Waals surface area contributed by atoms with E-state index in [1.807, 2.05) is 0 Å². The van der Waals surface area contributed by atoms with Gasteiger partial charge in [0.25, 0.3) is 0 Å². The van der Waals surface area contributed by atoms with E-state index in [-0.39, 0.29) is 40.6 Å². The minimum atomic E-state index is -2.83. The molecule has 1 atom stereocenters. The number of allylic oxidation sites excluding steroid dienone is 4. The van der Waals surface area contributed by atoms with Crippen molar-refractivity contribution in [1.82, 2.24) is 0 Å². The van der Waals surface area contributed by atoms with Crippen LogP contribution in [-0.2, 0) is 20.4 Å². The summed E-state index contributed by atoms with van der Waals surface area (Å²) in [4.78, 5) is 0. The van der Waals surface area contributed by atoms with E-state index in [0.717, 1.165) is 12.8 Å². The fourth-order valence-corrected chi connectivity index (χ4v) is 15.5. The SMILES string of the molecule is CCCC1=CC=C[C]1([Ti+3])[Si](c1cc(C(C)C)cc(C(C)C)c1)(c1cc(C(C)C)cc(C(C)C)c1)c1cc(C(C)C)cc(C(C)C)c1.[Cl-].[Cl-].[Cl-]. The maximum Gasteiger partial charge on any atom is -1.00 e. The van der Waals surface area contributed by atoms with Crippen LogP contribution in [0.2, 0.25) is 3.34 Å². The van der Waals surface area contributed by atoms with Gasteiger partial charge in [-0.3, -0.25) is 0 Å². The first-order valence-corrected chi connectivity index (χ1v) is 20.9. The zero-order valence-electron chi connectivity index (χ0n) is 32.4. The van der Waals surface area contributed by atoms with E-state index in [0.29, 0.717) is 35.5 Å². The van der Waals surface area contributed by atoms with E-state index in [4.69, 9.17) is 0 Å². The summed E-state index contributed by atoms with van der Waals surface area (Å²) in [7, 11) is -2.83. The van der Waals surface area contributed by atoms with Crippen molar-refractivity contribution in [3.8, 4) is 0 Å². The van der Waals surface area contributed by atoms with Crippen LogP contribution in [0, 0.1) is 0 Å². The van der Waals surface area contributed by atoms with Crippen molar-refractivity contribution in [2.24, 2.45) is 0 Å². The van der Waals surface area contributed by atoms with Gasteiger partial charge in [0.05, 0.1) is 0 Å². The summed E-state index contributed by atoms with van der Waals surface area (Å²) in [6.07, 6.45) is 9.78. The summed E-state index contributed by atoms with van der Waals surface area (Å²) < 4.78 is -0.111. The van der Waals surface area contributed by atoms with Crippen LogP contribution in [0.15, 0.2) is 78.4 Å². The molecule has 1 aliphatic rings. The second-order valence-corrected chi connectivity index (χ2v) is 22.0. The van der Waals surface area contributed by atoms with Crippen molar-refractivity contribution in [3.05, 3.63) is 112 Å². The smallest absolute Gasteiger partial charge is 1.00 e. The predicted molar refractivity (Wildman–Crippen MR) is 203 cm³/mol. The minimum absolute atomic E-state index is 0. The van der Waals surface area contributed by atoms with Crippen molar-refractivity contribution in [2.75, 3.05) is 0 Å². The molecule has 0 amide bonds. The quantitative estimate of drug-likeness (QED) is 0.196. The minimum Gasteiger partial charge on any atom is -1.00 e. The maximum atomic E-state index is 2.65. The van der Waals surface area contributed by atoms with Gasteiger partial charge in [-0.1, -0.05) is 0 Å². The van der Waals surface area contributed by atoms with E-state index in [1.54, 1.807) is 21.1 Å². The summed E-state index contributed by atoms with van der Waals surface area (Å²) in [6, 6.07) is 23.4. The van der Waals surface area contributed by atoms with Gasteiger partial charge in [-0.2, -0.15) is 0 Å². The third-order valence-electron chi connectivity index (χ3n) is 10.5. The molecule has 1 aliphatic carbocycles. The van der Waals surface area contributed by atoms with Crippen LogP contribution in [0.5, 0.6) is 0 Å². The average molecular weight is 772 g/mol. The Labute approximate surface area is 332 Å². The summed E-state index contributed by atoms with van der Waals surface area (Å²) in [5.74, 6) is 2.77. The zero-order chi connectivity index (χ0) is 34.1. The molecule has 0 N–H and O–H groups in total. The Bertz CT molecular complexity index is 1370. The van der Waals surface area contributed by atoms with Gasteiger partial charge in [0.2, 0.25) is 0 Å².